The van der Waals surface area contributed by atoms with Crippen LogP contribution < -0.4 is 5.32 Å². The summed E-state index contributed by atoms with van der Waals surface area (Å²) in [6.45, 7) is 2.07. The fraction of sp³-hybridized carbons (Fsp3) is 0.227. The number of hydrogen-bond acceptors (Lipinski definition) is 5. The Bertz CT molecular complexity index is 1160. The van der Waals surface area contributed by atoms with Crippen LogP contribution in [0.3, 0.4) is 0 Å². The van der Waals surface area contributed by atoms with Gasteiger partial charge in [0, 0.05) is 11.3 Å². The van der Waals surface area contributed by atoms with Gasteiger partial charge < -0.3 is 10.1 Å². The Hall–Kier alpha value is -3.55. The lowest BCUT2D eigenvalue weighted by Gasteiger charge is -2.09. The molecule has 0 atom stereocenters. The normalized spacial score (nSPS) is 14.1. The molecular formula is C22H21F2N5O. The van der Waals surface area contributed by atoms with E-state index in [4.69, 9.17) is 4.74 Å². The van der Waals surface area contributed by atoms with Crippen molar-refractivity contribution in [3.63, 3.8) is 0 Å². The van der Waals surface area contributed by atoms with E-state index in [1.54, 1.807) is 24.3 Å². The van der Waals surface area contributed by atoms with Gasteiger partial charge in [-0.1, -0.05) is 13.3 Å². The van der Waals surface area contributed by atoms with Crippen LogP contribution in [0.15, 0.2) is 59.8 Å². The molecule has 1 aliphatic carbocycles. The minimum absolute atomic E-state index is 0.0846. The van der Waals surface area contributed by atoms with Crippen molar-refractivity contribution in [1.82, 2.24) is 20.2 Å². The number of nitrogens with one attached hydrogen (secondary N) is 2. The molecule has 1 aromatic carbocycles. The Balaban J connectivity index is 1.82. The third-order valence-corrected chi connectivity index (χ3v) is 4.70. The zero-order chi connectivity index (χ0) is 21.1. The number of nitrogens with zero attached hydrogens (tertiary/aromatic N) is 3. The summed E-state index contributed by atoms with van der Waals surface area (Å²) >= 11 is 0. The molecule has 2 N–H and O–H groups in total. The van der Waals surface area contributed by atoms with Crippen molar-refractivity contribution in [2.45, 2.75) is 26.2 Å². The Morgan fingerprint density at radius 1 is 1.10 bits per heavy atom. The van der Waals surface area contributed by atoms with Crippen molar-refractivity contribution in [3.05, 3.63) is 71.3 Å². The number of benzene rings is 1. The van der Waals surface area contributed by atoms with E-state index < -0.39 is 0 Å². The zero-order valence-electron chi connectivity index (χ0n) is 16.7. The average Bonchev–Trinajstić information content (AvgIpc) is 3.05. The second-order valence-corrected chi connectivity index (χ2v) is 6.90. The summed E-state index contributed by atoms with van der Waals surface area (Å²) in [7, 11) is 1.51. The van der Waals surface area contributed by atoms with Crippen LogP contribution in [-0.4, -0.2) is 27.3 Å². The Morgan fingerprint density at radius 3 is 2.63 bits per heavy atom. The third kappa shape index (κ3) is 4.07. The highest BCUT2D eigenvalue weighted by atomic mass is 19.1. The number of methoxy groups -OCH3 is 1. The fourth-order valence-corrected chi connectivity index (χ4v) is 3.22. The summed E-state index contributed by atoms with van der Waals surface area (Å²) < 4.78 is 32.7. The minimum Gasteiger partial charge on any atom is -0.501 e. The van der Waals surface area contributed by atoms with Crippen LogP contribution in [0.25, 0.3) is 22.4 Å². The van der Waals surface area contributed by atoms with Crippen LogP contribution in [0.2, 0.25) is 0 Å². The van der Waals surface area contributed by atoms with Gasteiger partial charge in [-0.15, -0.1) is 0 Å². The van der Waals surface area contributed by atoms with Gasteiger partial charge in [0.2, 0.25) is 0 Å². The molecule has 154 valence electrons. The Kier molecular flexibility index (Phi) is 5.56. The number of ether oxygens (including phenoxy) is 1. The Morgan fingerprint density at radius 2 is 1.90 bits per heavy atom. The number of allylic oxidation sites excluding steroid dienone is 4. The number of halogens is 2. The lowest BCUT2D eigenvalue weighted by Crippen LogP contribution is -2.03. The van der Waals surface area contributed by atoms with Crippen LogP contribution in [0.1, 0.15) is 25.5 Å². The molecule has 0 bridgehead atoms. The van der Waals surface area contributed by atoms with E-state index in [-0.39, 0.29) is 18.1 Å². The van der Waals surface area contributed by atoms with Crippen LogP contribution in [0.5, 0.6) is 0 Å². The smallest absolute Gasteiger partial charge is 0.163 e. The van der Waals surface area contributed by atoms with Crippen molar-refractivity contribution < 1.29 is 13.5 Å². The van der Waals surface area contributed by atoms with E-state index in [0.29, 0.717) is 39.7 Å². The average molecular weight is 409 g/mol. The van der Waals surface area contributed by atoms with Gasteiger partial charge in [-0.2, -0.15) is 5.10 Å². The molecule has 0 unspecified atom stereocenters. The van der Waals surface area contributed by atoms with Crippen LogP contribution in [-0.2, 0) is 11.2 Å². The van der Waals surface area contributed by atoms with Crippen molar-refractivity contribution in [3.8, 4) is 11.4 Å². The topological polar surface area (TPSA) is 75.7 Å². The lowest BCUT2D eigenvalue weighted by atomic mass is 10.2. The van der Waals surface area contributed by atoms with Gasteiger partial charge in [0.1, 0.15) is 22.9 Å². The standard InChI is InChI=1S/C22H21F2N5O/c1-3-4-18-19-20(29-28-18)22(25-16-9-10-17(30-2)12-15(24)11-16)27-21(26-19)13-5-7-14(23)8-6-13/h5-11H,3-4,12H2,1-2H3,(H,28,29)(H,25,26,27). The van der Waals surface area contributed by atoms with Gasteiger partial charge in [0.25, 0.3) is 0 Å². The third-order valence-electron chi connectivity index (χ3n) is 4.70. The molecule has 0 saturated carbocycles. The van der Waals surface area contributed by atoms with Crippen molar-refractivity contribution >= 4 is 16.9 Å². The van der Waals surface area contributed by atoms with E-state index in [9.17, 15) is 8.78 Å². The number of aromatic amines is 1. The number of fused-ring (bicyclic) bond motifs is 1. The molecule has 0 spiro atoms. The second kappa shape index (κ2) is 8.44. The van der Waals surface area contributed by atoms with E-state index in [0.717, 1.165) is 18.5 Å². The summed E-state index contributed by atoms with van der Waals surface area (Å²) in [5.41, 5.74) is 3.30. The highest BCUT2D eigenvalue weighted by Gasteiger charge is 2.17. The maximum atomic E-state index is 14.2. The molecular weight excluding hydrogens is 388 g/mol. The number of anilines is 1. The van der Waals surface area contributed by atoms with Crippen LogP contribution in [0.4, 0.5) is 14.6 Å². The summed E-state index contributed by atoms with van der Waals surface area (Å²) in [5.74, 6) is 0.707. The van der Waals surface area contributed by atoms with Crippen molar-refractivity contribution in [1.29, 1.82) is 0 Å². The quantitative estimate of drug-likeness (QED) is 0.586. The zero-order valence-corrected chi connectivity index (χ0v) is 16.7. The number of aromatic nitrogens is 4. The highest BCUT2D eigenvalue weighted by molar-refractivity contribution is 5.89. The minimum atomic E-state index is -0.336. The van der Waals surface area contributed by atoms with Crippen LogP contribution >= 0.6 is 0 Å². The molecule has 0 saturated heterocycles. The molecule has 1 aliphatic rings. The van der Waals surface area contributed by atoms with E-state index in [1.807, 2.05) is 0 Å². The largest absolute Gasteiger partial charge is 0.501 e. The number of rotatable bonds is 6. The predicted octanol–water partition coefficient (Wildman–Crippen LogP) is 5.19. The van der Waals surface area contributed by atoms with Gasteiger partial charge in [0.05, 0.1) is 19.2 Å². The fourth-order valence-electron chi connectivity index (χ4n) is 3.22. The molecule has 2 heterocycles. The summed E-state index contributed by atoms with van der Waals surface area (Å²) in [6, 6.07) is 5.97. The molecule has 8 heteroatoms. The molecule has 30 heavy (non-hydrogen) atoms. The summed E-state index contributed by atoms with van der Waals surface area (Å²) in [6.07, 6.45) is 6.59. The second-order valence-electron chi connectivity index (χ2n) is 6.90. The van der Waals surface area contributed by atoms with E-state index >= 15 is 0 Å². The first-order chi connectivity index (χ1) is 14.6. The van der Waals surface area contributed by atoms with Crippen molar-refractivity contribution in [2.75, 3.05) is 12.4 Å². The summed E-state index contributed by atoms with van der Waals surface area (Å²) in [4.78, 5) is 9.25. The molecule has 4 rings (SSSR count). The van der Waals surface area contributed by atoms with Crippen molar-refractivity contribution in [2.24, 2.45) is 0 Å². The van der Waals surface area contributed by atoms with E-state index in [1.165, 1.54) is 25.3 Å². The molecule has 0 aliphatic heterocycles. The van der Waals surface area contributed by atoms with Crippen LogP contribution in [0, 0.1) is 5.82 Å². The van der Waals surface area contributed by atoms with Gasteiger partial charge in [-0.3, -0.25) is 5.10 Å². The molecule has 6 nitrogen and oxygen atoms in total. The highest BCUT2D eigenvalue weighted by Crippen LogP contribution is 2.28. The van der Waals surface area contributed by atoms with Gasteiger partial charge in [-0.05, 0) is 48.9 Å². The molecule has 0 fully saturated rings. The SMILES string of the molecule is CCCc1[nH]nc2c(NC3=CC=C(OC)CC(F)=C3)nc(-c3ccc(F)cc3)nc12. The number of aryl methyl sites for hydroxylation is 1. The first-order valence-electron chi connectivity index (χ1n) is 9.66. The first kappa shape index (κ1) is 19.8. The number of hydrogen-bond donors (Lipinski definition) is 2. The van der Waals surface area contributed by atoms with E-state index in [2.05, 4.69) is 32.4 Å². The maximum Gasteiger partial charge on any atom is 0.163 e. The molecule has 0 radical (unpaired) electrons. The number of H-pyrrole nitrogens is 1. The Labute approximate surface area is 172 Å². The van der Waals surface area contributed by atoms with Gasteiger partial charge >= 0.3 is 0 Å². The lowest BCUT2D eigenvalue weighted by molar-refractivity contribution is 0.278. The molecule has 2 aromatic heterocycles. The van der Waals surface area contributed by atoms with Gasteiger partial charge in [0.15, 0.2) is 17.2 Å². The summed E-state index contributed by atoms with van der Waals surface area (Å²) in [5, 5.41) is 10.5. The predicted molar refractivity (Wildman–Crippen MR) is 112 cm³/mol. The molecule has 3 aromatic rings. The van der Waals surface area contributed by atoms with Gasteiger partial charge in [-0.25, -0.2) is 18.7 Å². The first-order valence-corrected chi connectivity index (χ1v) is 9.66. The maximum absolute atomic E-state index is 14.2. The molecule has 0 amide bonds. The monoisotopic (exact) mass is 409 g/mol.